The van der Waals surface area contributed by atoms with E-state index in [1.54, 1.807) is 25.3 Å². The van der Waals surface area contributed by atoms with Gasteiger partial charge in [0.25, 0.3) is 0 Å². The van der Waals surface area contributed by atoms with Crippen LogP contribution in [0.1, 0.15) is 24.6 Å². The van der Waals surface area contributed by atoms with E-state index in [0.29, 0.717) is 6.54 Å². The molecule has 1 aliphatic heterocycles. The number of carbonyl (C=O) groups is 1. The number of aromatic amines is 1. The lowest BCUT2D eigenvalue weighted by Crippen LogP contribution is -2.26. The summed E-state index contributed by atoms with van der Waals surface area (Å²) in [5.41, 5.74) is 5.90. The number of methoxy groups -OCH3 is 2. The first-order valence-corrected chi connectivity index (χ1v) is 10.0. The van der Waals surface area contributed by atoms with Gasteiger partial charge in [-0.3, -0.25) is 4.79 Å². The van der Waals surface area contributed by atoms with Gasteiger partial charge in [0.05, 0.1) is 25.6 Å². The highest BCUT2D eigenvalue weighted by atomic mass is 16.5. The van der Waals surface area contributed by atoms with Crippen molar-refractivity contribution < 1.29 is 14.3 Å². The molecule has 0 atom stereocenters. The van der Waals surface area contributed by atoms with E-state index < -0.39 is 0 Å². The fraction of sp³-hybridized carbons (Fsp3) is 0.304. The van der Waals surface area contributed by atoms with Crippen LogP contribution in [0.5, 0.6) is 11.5 Å². The number of hydrogen-bond donors (Lipinski definition) is 2. The number of aromatic nitrogens is 2. The molecule has 1 amide bonds. The lowest BCUT2D eigenvalue weighted by molar-refractivity contribution is -0.117. The van der Waals surface area contributed by atoms with Gasteiger partial charge in [0, 0.05) is 36.4 Å². The van der Waals surface area contributed by atoms with Crippen LogP contribution in [0.4, 0.5) is 11.4 Å². The summed E-state index contributed by atoms with van der Waals surface area (Å²) < 4.78 is 11.2. The number of hydrogen-bond acceptors (Lipinski definition) is 5. The Bertz CT molecular complexity index is 1100. The summed E-state index contributed by atoms with van der Waals surface area (Å²) in [4.78, 5) is 20.6. The average Bonchev–Trinajstić information content (AvgIpc) is 3.24. The van der Waals surface area contributed by atoms with Crippen LogP contribution in [0.3, 0.4) is 0 Å². The van der Waals surface area contributed by atoms with Crippen molar-refractivity contribution in [2.45, 2.75) is 19.8 Å². The van der Waals surface area contributed by atoms with Crippen LogP contribution >= 0.6 is 0 Å². The molecule has 30 heavy (non-hydrogen) atoms. The highest BCUT2D eigenvalue weighted by Crippen LogP contribution is 2.37. The van der Waals surface area contributed by atoms with Gasteiger partial charge in [-0.2, -0.15) is 0 Å². The smallest absolute Gasteiger partial charge is 0.209 e. The molecule has 7 nitrogen and oxygen atoms in total. The van der Waals surface area contributed by atoms with Crippen molar-refractivity contribution in [3.05, 3.63) is 47.8 Å². The van der Waals surface area contributed by atoms with Crippen molar-refractivity contribution >= 4 is 34.4 Å². The van der Waals surface area contributed by atoms with Gasteiger partial charge in [-0.25, -0.2) is 4.98 Å². The number of benzene rings is 1. The predicted octanol–water partition coefficient (Wildman–Crippen LogP) is 4.13. The van der Waals surface area contributed by atoms with Crippen molar-refractivity contribution in [1.82, 2.24) is 14.9 Å². The first kappa shape index (κ1) is 19.8. The molecule has 2 N–H and O–H groups in total. The molecule has 0 fully saturated rings. The SMILES string of the molecule is CCc1cc(OC)c(Nc2ccnc3[nH]c(C4=CCN(C=O)CC4)cc23)cc1OC. The zero-order chi connectivity index (χ0) is 21.1. The standard InChI is InChI=1S/C23H26N4O3/c1-4-15-11-22(30-3)20(13-21(15)29-2)25-18-5-8-24-23-17(18)12-19(26-23)16-6-9-27(14-28)10-7-16/h5-6,8,11-14H,4,7,9-10H2,1-3H3,(H2,24,25,26). The van der Waals surface area contributed by atoms with Crippen LogP contribution < -0.4 is 14.8 Å². The van der Waals surface area contributed by atoms with E-state index >= 15 is 0 Å². The van der Waals surface area contributed by atoms with Crippen LogP contribution in [0.2, 0.25) is 0 Å². The molecule has 1 aromatic carbocycles. The molecule has 0 unspecified atom stereocenters. The monoisotopic (exact) mass is 406 g/mol. The Morgan fingerprint density at radius 1 is 1.20 bits per heavy atom. The van der Waals surface area contributed by atoms with Gasteiger partial charge in [0.2, 0.25) is 6.41 Å². The first-order chi connectivity index (χ1) is 14.7. The Hall–Kier alpha value is -3.48. The number of H-pyrrole nitrogens is 1. The number of aryl methyl sites for hydroxylation is 1. The molecule has 7 heteroatoms. The maximum atomic E-state index is 11.0. The molecular formula is C23H26N4O3. The van der Waals surface area contributed by atoms with Gasteiger partial charge in [-0.05, 0) is 42.2 Å². The summed E-state index contributed by atoms with van der Waals surface area (Å²) in [6, 6.07) is 8.03. The van der Waals surface area contributed by atoms with Crippen LogP contribution in [-0.4, -0.2) is 48.6 Å². The number of fused-ring (bicyclic) bond motifs is 1. The number of nitrogens with one attached hydrogen (secondary N) is 2. The maximum absolute atomic E-state index is 11.0. The Labute approximate surface area is 175 Å². The number of rotatable bonds is 7. The number of nitrogens with zero attached hydrogens (tertiary/aromatic N) is 2. The molecule has 4 rings (SSSR count). The zero-order valence-electron chi connectivity index (χ0n) is 17.5. The maximum Gasteiger partial charge on any atom is 0.209 e. The third-order valence-electron chi connectivity index (χ3n) is 5.52. The highest BCUT2D eigenvalue weighted by Gasteiger charge is 2.16. The Balaban J connectivity index is 1.70. The van der Waals surface area contributed by atoms with Gasteiger partial charge >= 0.3 is 0 Å². The van der Waals surface area contributed by atoms with Crippen molar-refractivity contribution in [2.24, 2.45) is 0 Å². The fourth-order valence-electron chi connectivity index (χ4n) is 3.81. The zero-order valence-corrected chi connectivity index (χ0v) is 17.5. The summed E-state index contributed by atoms with van der Waals surface area (Å²) in [5.74, 6) is 1.59. The average molecular weight is 406 g/mol. The fourth-order valence-corrected chi connectivity index (χ4v) is 3.81. The molecular weight excluding hydrogens is 380 g/mol. The summed E-state index contributed by atoms with van der Waals surface area (Å²) in [6.45, 7) is 3.45. The topological polar surface area (TPSA) is 79.5 Å². The minimum atomic E-state index is 0.632. The van der Waals surface area contributed by atoms with Crippen molar-refractivity contribution in [3.63, 3.8) is 0 Å². The van der Waals surface area contributed by atoms with E-state index in [-0.39, 0.29) is 0 Å². The van der Waals surface area contributed by atoms with E-state index in [0.717, 1.165) is 71.0 Å². The minimum Gasteiger partial charge on any atom is -0.496 e. The molecule has 1 aliphatic rings. The van der Waals surface area contributed by atoms with E-state index in [9.17, 15) is 4.79 Å². The summed E-state index contributed by atoms with van der Waals surface area (Å²) in [6.07, 6.45) is 6.44. The van der Waals surface area contributed by atoms with Crippen LogP contribution in [0.25, 0.3) is 16.6 Å². The van der Waals surface area contributed by atoms with E-state index in [2.05, 4.69) is 34.4 Å². The number of anilines is 2. The molecule has 0 saturated heterocycles. The number of carbonyl (C=O) groups excluding carboxylic acids is 1. The largest absolute Gasteiger partial charge is 0.496 e. The van der Waals surface area contributed by atoms with Gasteiger partial charge in [0.15, 0.2) is 0 Å². The normalized spacial score (nSPS) is 13.8. The Morgan fingerprint density at radius 3 is 2.70 bits per heavy atom. The number of ether oxygens (including phenoxy) is 2. The lowest BCUT2D eigenvalue weighted by Gasteiger charge is -2.21. The van der Waals surface area contributed by atoms with Gasteiger partial charge < -0.3 is 24.7 Å². The Morgan fingerprint density at radius 2 is 2.03 bits per heavy atom. The van der Waals surface area contributed by atoms with Crippen molar-refractivity contribution in [2.75, 3.05) is 32.6 Å². The van der Waals surface area contributed by atoms with E-state index in [1.165, 1.54) is 5.57 Å². The lowest BCUT2D eigenvalue weighted by atomic mass is 10.1. The van der Waals surface area contributed by atoms with Crippen molar-refractivity contribution in [3.8, 4) is 11.5 Å². The second kappa shape index (κ2) is 8.49. The molecule has 0 radical (unpaired) electrons. The second-order valence-electron chi connectivity index (χ2n) is 7.23. The van der Waals surface area contributed by atoms with Crippen LogP contribution in [0.15, 0.2) is 36.5 Å². The van der Waals surface area contributed by atoms with Crippen molar-refractivity contribution in [1.29, 1.82) is 0 Å². The number of pyridine rings is 1. The second-order valence-corrected chi connectivity index (χ2v) is 7.23. The Kier molecular flexibility index (Phi) is 5.61. The first-order valence-electron chi connectivity index (χ1n) is 10.0. The third kappa shape index (κ3) is 3.70. The summed E-state index contributed by atoms with van der Waals surface area (Å²) in [5, 5.41) is 4.48. The molecule has 0 saturated carbocycles. The molecule has 3 heterocycles. The predicted molar refractivity (Wildman–Crippen MR) is 119 cm³/mol. The number of amides is 1. The summed E-state index contributed by atoms with van der Waals surface area (Å²) >= 11 is 0. The van der Waals surface area contributed by atoms with Crippen LogP contribution in [-0.2, 0) is 11.2 Å². The molecule has 3 aromatic rings. The summed E-state index contributed by atoms with van der Waals surface area (Å²) in [7, 11) is 3.35. The molecule has 2 aromatic heterocycles. The molecule has 0 aliphatic carbocycles. The highest BCUT2D eigenvalue weighted by molar-refractivity contribution is 5.94. The molecule has 0 spiro atoms. The van der Waals surface area contributed by atoms with Gasteiger partial charge in [-0.1, -0.05) is 13.0 Å². The minimum absolute atomic E-state index is 0.632. The molecule has 0 bridgehead atoms. The van der Waals surface area contributed by atoms with E-state index in [1.807, 2.05) is 18.2 Å². The van der Waals surface area contributed by atoms with Gasteiger partial charge in [-0.15, -0.1) is 0 Å². The third-order valence-corrected chi connectivity index (χ3v) is 5.52. The van der Waals surface area contributed by atoms with Crippen LogP contribution in [0, 0.1) is 0 Å². The van der Waals surface area contributed by atoms with E-state index in [4.69, 9.17) is 9.47 Å². The quantitative estimate of drug-likeness (QED) is 0.577. The van der Waals surface area contributed by atoms with Gasteiger partial charge in [0.1, 0.15) is 17.1 Å². The molecule has 156 valence electrons.